The van der Waals surface area contributed by atoms with E-state index in [1.165, 1.54) is 18.5 Å². The van der Waals surface area contributed by atoms with Crippen molar-refractivity contribution in [1.29, 1.82) is 0 Å². The SMILES string of the molecule is O=C(c1cccc(C(F)(F)F)c1)N1CCC(c2ncn[nH]2)C1. The third-order valence-corrected chi connectivity index (χ3v) is 3.73. The Morgan fingerprint density at radius 2 is 2.18 bits per heavy atom. The number of halogens is 3. The van der Waals surface area contributed by atoms with Gasteiger partial charge in [-0.2, -0.15) is 18.3 Å². The lowest BCUT2D eigenvalue weighted by Crippen LogP contribution is -2.28. The van der Waals surface area contributed by atoms with E-state index in [9.17, 15) is 18.0 Å². The van der Waals surface area contributed by atoms with Gasteiger partial charge in [0.25, 0.3) is 5.91 Å². The monoisotopic (exact) mass is 310 g/mol. The molecule has 1 saturated heterocycles. The molecule has 0 saturated carbocycles. The van der Waals surface area contributed by atoms with E-state index in [0.29, 0.717) is 25.3 Å². The van der Waals surface area contributed by atoms with E-state index in [1.807, 2.05) is 0 Å². The van der Waals surface area contributed by atoms with E-state index in [-0.39, 0.29) is 11.5 Å². The molecule has 2 aromatic rings. The average Bonchev–Trinajstić information content (AvgIpc) is 3.16. The molecule has 0 spiro atoms. The molecule has 22 heavy (non-hydrogen) atoms. The highest BCUT2D eigenvalue weighted by Crippen LogP contribution is 2.30. The van der Waals surface area contributed by atoms with Gasteiger partial charge in [-0.3, -0.25) is 9.89 Å². The summed E-state index contributed by atoms with van der Waals surface area (Å²) in [6.07, 6.45) is -2.35. The summed E-state index contributed by atoms with van der Waals surface area (Å²) in [6.45, 7) is 0.907. The Kier molecular flexibility index (Phi) is 3.59. The van der Waals surface area contributed by atoms with Crippen molar-refractivity contribution in [2.75, 3.05) is 13.1 Å². The second-order valence-corrected chi connectivity index (χ2v) is 5.19. The third kappa shape index (κ3) is 2.81. The van der Waals surface area contributed by atoms with Crippen LogP contribution in [0.25, 0.3) is 0 Å². The Hall–Kier alpha value is -2.38. The topological polar surface area (TPSA) is 61.9 Å². The van der Waals surface area contributed by atoms with Crippen LogP contribution >= 0.6 is 0 Å². The van der Waals surface area contributed by atoms with E-state index in [2.05, 4.69) is 15.2 Å². The van der Waals surface area contributed by atoms with Crippen LogP contribution in [0.3, 0.4) is 0 Å². The number of H-pyrrole nitrogens is 1. The van der Waals surface area contributed by atoms with Crippen LogP contribution in [0.5, 0.6) is 0 Å². The van der Waals surface area contributed by atoms with Gasteiger partial charge in [0.1, 0.15) is 12.2 Å². The maximum Gasteiger partial charge on any atom is 0.416 e. The number of carbonyl (C=O) groups excluding carboxylic acids is 1. The normalized spacial score (nSPS) is 18.7. The van der Waals surface area contributed by atoms with E-state index in [1.54, 1.807) is 4.90 Å². The predicted molar refractivity (Wildman–Crippen MR) is 71.1 cm³/mol. The zero-order valence-corrected chi connectivity index (χ0v) is 11.5. The number of aromatic amines is 1. The molecule has 1 atom stereocenters. The molecule has 8 heteroatoms. The predicted octanol–water partition coefficient (Wildman–Crippen LogP) is 2.45. The molecule has 1 aliphatic heterocycles. The summed E-state index contributed by atoms with van der Waals surface area (Å²) in [6, 6.07) is 4.50. The molecule has 116 valence electrons. The third-order valence-electron chi connectivity index (χ3n) is 3.73. The fourth-order valence-corrected chi connectivity index (χ4v) is 2.59. The minimum Gasteiger partial charge on any atom is -0.338 e. The summed E-state index contributed by atoms with van der Waals surface area (Å²) in [5.41, 5.74) is -0.766. The van der Waals surface area contributed by atoms with Crippen molar-refractivity contribution in [2.45, 2.75) is 18.5 Å². The van der Waals surface area contributed by atoms with Gasteiger partial charge >= 0.3 is 6.18 Å². The summed E-state index contributed by atoms with van der Waals surface area (Å²) in [7, 11) is 0. The molecule has 1 aliphatic rings. The fourth-order valence-electron chi connectivity index (χ4n) is 2.59. The average molecular weight is 310 g/mol. The van der Waals surface area contributed by atoms with Crippen molar-refractivity contribution in [3.05, 3.63) is 47.5 Å². The van der Waals surface area contributed by atoms with Gasteiger partial charge in [-0.1, -0.05) is 6.07 Å². The van der Waals surface area contributed by atoms with Crippen LogP contribution < -0.4 is 0 Å². The second kappa shape index (κ2) is 5.43. The van der Waals surface area contributed by atoms with E-state index in [0.717, 1.165) is 12.1 Å². The first kappa shape index (κ1) is 14.6. The molecule has 0 aliphatic carbocycles. The number of alkyl halides is 3. The molecule has 5 nitrogen and oxygen atoms in total. The number of hydrogen-bond donors (Lipinski definition) is 1. The number of likely N-dealkylation sites (tertiary alicyclic amines) is 1. The molecule has 1 amide bonds. The number of amides is 1. The molecule has 3 rings (SSSR count). The van der Waals surface area contributed by atoms with Crippen molar-refractivity contribution in [3.63, 3.8) is 0 Å². The highest BCUT2D eigenvalue weighted by Gasteiger charge is 2.33. The van der Waals surface area contributed by atoms with Gasteiger partial charge in [-0.25, -0.2) is 4.98 Å². The highest BCUT2D eigenvalue weighted by atomic mass is 19.4. The van der Waals surface area contributed by atoms with Crippen LogP contribution in [-0.2, 0) is 6.18 Å². The molecule has 1 aromatic heterocycles. The summed E-state index contributed by atoms with van der Waals surface area (Å²) >= 11 is 0. The van der Waals surface area contributed by atoms with Crippen LogP contribution in [0.2, 0.25) is 0 Å². The number of hydrogen-bond acceptors (Lipinski definition) is 3. The maximum atomic E-state index is 12.7. The van der Waals surface area contributed by atoms with E-state index >= 15 is 0 Å². The van der Waals surface area contributed by atoms with Crippen LogP contribution in [0, 0.1) is 0 Å². The number of carbonyl (C=O) groups is 1. The van der Waals surface area contributed by atoms with Gasteiger partial charge in [0.2, 0.25) is 0 Å². The minimum absolute atomic E-state index is 0.0391. The van der Waals surface area contributed by atoms with Gasteiger partial charge in [-0.05, 0) is 24.6 Å². The lowest BCUT2D eigenvalue weighted by Gasteiger charge is -2.17. The maximum absolute atomic E-state index is 12.7. The Morgan fingerprint density at radius 1 is 1.36 bits per heavy atom. The molecule has 0 radical (unpaired) electrons. The molecule has 1 aromatic carbocycles. The Morgan fingerprint density at radius 3 is 2.86 bits per heavy atom. The molecular formula is C14H13F3N4O. The van der Waals surface area contributed by atoms with Crippen molar-refractivity contribution in [3.8, 4) is 0 Å². The second-order valence-electron chi connectivity index (χ2n) is 5.19. The van der Waals surface area contributed by atoms with Gasteiger partial charge < -0.3 is 4.90 Å². The summed E-state index contributed by atoms with van der Waals surface area (Å²) in [4.78, 5) is 18.0. The number of nitrogens with one attached hydrogen (secondary N) is 1. The summed E-state index contributed by atoms with van der Waals surface area (Å²) in [5, 5.41) is 6.53. The standard InChI is InChI=1S/C14H13F3N4O/c15-14(16,17)11-3-1-2-9(6-11)13(22)21-5-4-10(7-21)12-18-8-19-20-12/h1-3,6,8,10H,4-5,7H2,(H,18,19,20). The molecule has 2 heterocycles. The van der Waals surface area contributed by atoms with Crippen molar-refractivity contribution in [2.24, 2.45) is 0 Å². The fraction of sp³-hybridized carbons (Fsp3) is 0.357. The van der Waals surface area contributed by atoms with E-state index in [4.69, 9.17) is 0 Å². The lowest BCUT2D eigenvalue weighted by atomic mass is 10.1. The largest absolute Gasteiger partial charge is 0.416 e. The first-order chi connectivity index (χ1) is 10.4. The number of rotatable bonds is 2. The van der Waals surface area contributed by atoms with Crippen LogP contribution in [0.4, 0.5) is 13.2 Å². The number of benzene rings is 1. The zero-order valence-electron chi connectivity index (χ0n) is 11.5. The van der Waals surface area contributed by atoms with Gasteiger partial charge in [0.15, 0.2) is 0 Å². The summed E-state index contributed by atoms with van der Waals surface area (Å²) < 4.78 is 38.1. The number of nitrogens with zero attached hydrogens (tertiary/aromatic N) is 3. The Balaban J connectivity index is 1.75. The zero-order chi connectivity index (χ0) is 15.7. The highest BCUT2D eigenvalue weighted by molar-refractivity contribution is 5.94. The minimum atomic E-state index is -4.45. The van der Waals surface area contributed by atoms with Crippen molar-refractivity contribution >= 4 is 5.91 Å². The van der Waals surface area contributed by atoms with Crippen molar-refractivity contribution in [1.82, 2.24) is 20.1 Å². The quantitative estimate of drug-likeness (QED) is 0.927. The first-order valence-electron chi connectivity index (χ1n) is 6.77. The van der Waals surface area contributed by atoms with Gasteiger partial charge in [-0.15, -0.1) is 0 Å². The van der Waals surface area contributed by atoms with Gasteiger partial charge in [0.05, 0.1) is 5.56 Å². The Bertz CT molecular complexity index is 669. The van der Waals surface area contributed by atoms with Crippen LogP contribution in [0.1, 0.15) is 34.1 Å². The molecule has 1 unspecified atom stereocenters. The Labute approximate surface area is 124 Å². The molecular weight excluding hydrogens is 297 g/mol. The summed E-state index contributed by atoms with van der Waals surface area (Å²) in [5.74, 6) is 0.338. The smallest absolute Gasteiger partial charge is 0.338 e. The van der Waals surface area contributed by atoms with E-state index < -0.39 is 17.6 Å². The number of aromatic nitrogens is 3. The van der Waals surface area contributed by atoms with Gasteiger partial charge in [0, 0.05) is 24.6 Å². The molecule has 1 fully saturated rings. The van der Waals surface area contributed by atoms with Crippen LogP contribution in [-0.4, -0.2) is 39.1 Å². The molecule has 0 bridgehead atoms. The lowest BCUT2D eigenvalue weighted by molar-refractivity contribution is -0.137. The van der Waals surface area contributed by atoms with Crippen LogP contribution in [0.15, 0.2) is 30.6 Å². The van der Waals surface area contributed by atoms with Crippen molar-refractivity contribution < 1.29 is 18.0 Å². The molecule has 1 N–H and O–H groups in total. The first-order valence-corrected chi connectivity index (χ1v) is 6.77.